The molecule has 0 spiro atoms. The summed E-state index contributed by atoms with van der Waals surface area (Å²) in [5.41, 5.74) is -0.483. The summed E-state index contributed by atoms with van der Waals surface area (Å²) >= 11 is 15.3. The third kappa shape index (κ3) is 3.01. The molecule has 3 rings (SSSR count). The summed E-state index contributed by atoms with van der Waals surface area (Å²) in [6.07, 6.45) is -4.49. The molecule has 0 saturated carbocycles. The van der Waals surface area contributed by atoms with Crippen molar-refractivity contribution in [3.05, 3.63) is 57.6 Å². The van der Waals surface area contributed by atoms with Crippen LogP contribution in [0.3, 0.4) is 0 Å². The molecular weight excluding hydrogens is 428 g/mol. The second-order valence-electron chi connectivity index (χ2n) is 5.22. The summed E-state index contributed by atoms with van der Waals surface area (Å²) in [4.78, 5) is 12.2. The number of fused-ring (bicyclic) bond motifs is 3. The number of benzene rings is 3. The molecular formula is C17H8BrCl2F3O. The highest BCUT2D eigenvalue weighted by Gasteiger charge is 2.31. The van der Waals surface area contributed by atoms with Crippen molar-refractivity contribution in [3.63, 3.8) is 0 Å². The van der Waals surface area contributed by atoms with Crippen molar-refractivity contribution in [2.75, 3.05) is 5.33 Å². The minimum atomic E-state index is -4.49. The molecule has 7 heteroatoms. The second kappa shape index (κ2) is 6.21. The topological polar surface area (TPSA) is 17.1 Å². The van der Waals surface area contributed by atoms with Crippen LogP contribution in [0.25, 0.3) is 21.5 Å². The number of hydrogen-bond acceptors (Lipinski definition) is 1. The highest BCUT2D eigenvalue weighted by atomic mass is 79.9. The van der Waals surface area contributed by atoms with E-state index >= 15 is 0 Å². The third-order valence-corrected chi connectivity index (χ3v) is 4.77. The Balaban J connectivity index is 2.52. The van der Waals surface area contributed by atoms with Crippen molar-refractivity contribution in [3.8, 4) is 0 Å². The second-order valence-corrected chi connectivity index (χ2v) is 6.63. The van der Waals surface area contributed by atoms with E-state index in [2.05, 4.69) is 15.9 Å². The van der Waals surface area contributed by atoms with Crippen LogP contribution in [-0.4, -0.2) is 11.1 Å². The van der Waals surface area contributed by atoms with E-state index in [1.165, 1.54) is 12.1 Å². The molecule has 0 N–H and O–H groups in total. The van der Waals surface area contributed by atoms with Gasteiger partial charge in [-0.05, 0) is 46.5 Å². The van der Waals surface area contributed by atoms with Gasteiger partial charge < -0.3 is 0 Å². The maximum atomic E-state index is 13.1. The van der Waals surface area contributed by atoms with Gasteiger partial charge in [0.05, 0.1) is 10.9 Å². The molecule has 0 radical (unpaired) electrons. The average Bonchev–Trinajstić information content (AvgIpc) is 2.52. The van der Waals surface area contributed by atoms with Crippen LogP contribution in [0.1, 0.15) is 15.9 Å². The van der Waals surface area contributed by atoms with Gasteiger partial charge in [-0.1, -0.05) is 45.2 Å². The SMILES string of the molecule is O=C(CBr)c1cc2c(Cl)cc(Cl)cc2c2cc(C(F)(F)F)ccc12. The van der Waals surface area contributed by atoms with Crippen molar-refractivity contribution < 1.29 is 18.0 Å². The molecule has 0 bridgehead atoms. The summed E-state index contributed by atoms with van der Waals surface area (Å²) in [6, 6.07) is 7.93. The molecule has 3 aromatic carbocycles. The summed E-state index contributed by atoms with van der Waals surface area (Å²) in [5, 5.41) is 2.32. The van der Waals surface area contributed by atoms with Crippen molar-refractivity contribution in [2.24, 2.45) is 0 Å². The smallest absolute Gasteiger partial charge is 0.293 e. The molecule has 0 unspecified atom stereocenters. The van der Waals surface area contributed by atoms with E-state index in [0.717, 1.165) is 12.1 Å². The quantitative estimate of drug-likeness (QED) is 0.243. The molecule has 124 valence electrons. The first-order valence-electron chi connectivity index (χ1n) is 6.74. The van der Waals surface area contributed by atoms with Crippen LogP contribution in [0.4, 0.5) is 13.2 Å². The molecule has 0 atom stereocenters. The van der Waals surface area contributed by atoms with Gasteiger partial charge in [0.15, 0.2) is 5.78 Å². The van der Waals surface area contributed by atoms with Gasteiger partial charge in [0.1, 0.15) is 0 Å². The molecule has 0 aromatic heterocycles. The Morgan fingerprint density at radius 1 is 0.958 bits per heavy atom. The zero-order valence-corrected chi connectivity index (χ0v) is 14.9. The van der Waals surface area contributed by atoms with Gasteiger partial charge in [-0.15, -0.1) is 0 Å². The number of hydrogen-bond donors (Lipinski definition) is 0. The van der Waals surface area contributed by atoms with Crippen molar-refractivity contribution in [1.82, 2.24) is 0 Å². The fourth-order valence-electron chi connectivity index (χ4n) is 2.66. The molecule has 0 heterocycles. The zero-order chi connectivity index (χ0) is 17.6. The lowest BCUT2D eigenvalue weighted by Crippen LogP contribution is -2.06. The Morgan fingerprint density at radius 2 is 1.62 bits per heavy atom. The van der Waals surface area contributed by atoms with Crippen molar-refractivity contribution in [2.45, 2.75) is 6.18 Å². The third-order valence-electron chi connectivity index (χ3n) is 3.73. The van der Waals surface area contributed by atoms with E-state index in [-0.39, 0.29) is 21.5 Å². The van der Waals surface area contributed by atoms with Crippen molar-refractivity contribution >= 4 is 66.5 Å². The number of rotatable bonds is 2. The van der Waals surface area contributed by atoms with E-state index < -0.39 is 11.7 Å². The minimum absolute atomic E-state index is 0.0554. The van der Waals surface area contributed by atoms with E-state index in [1.807, 2.05) is 0 Å². The van der Waals surface area contributed by atoms with Crippen LogP contribution in [-0.2, 0) is 6.18 Å². The maximum absolute atomic E-state index is 13.1. The molecule has 0 aliphatic carbocycles. The number of carbonyl (C=O) groups is 1. The lowest BCUT2D eigenvalue weighted by molar-refractivity contribution is -0.137. The first-order valence-corrected chi connectivity index (χ1v) is 8.62. The Kier molecular flexibility index (Phi) is 4.53. The first kappa shape index (κ1) is 17.5. The maximum Gasteiger partial charge on any atom is 0.416 e. The molecule has 0 aliphatic rings. The zero-order valence-electron chi connectivity index (χ0n) is 11.8. The van der Waals surface area contributed by atoms with Gasteiger partial charge in [0.25, 0.3) is 0 Å². The van der Waals surface area contributed by atoms with Gasteiger partial charge in [0.2, 0.25) is 0 Å². The monoisotopic (exact) mass is 434 g/mol. The van der Waals surface area contributed by atoms with E-state index in [1.54, 1.807) is 12.1 Å². The van der Waals surface area contributed by atoms with E-state index in [9.17, 15) is 18.0 Å². The van der Waals surface area contributed by atoms with Gasteiger partial charge >= 0.3 is 6.18 Å². The number of carbonyl (C=O) groups excluding carboxylic acids is 1. The summed E-state index contributed by atoms with van der Waals surface area (Å²) in [6.45, 7) is 0. The first-order chi connectivity index (χ1) is 11.2. The molecule has 0 amide bonds. The predicted molar refractivity (Wildman–Crippen MR) is 94.6 cm³/mol. The Bertz CT molecular complexity index is 983. The Hall–Kier alpha value is -1.30. The van der Waals surface area contributed by atoms with Crippen molar-refractivity contribution in [1.29, 1.82) is 0 Å². The molecule has 0 fully saturated rings. The highest BCUT2D eigenvalue weighted by Crippen LogP contribution is 2.38. The fourth-order valence-corrected chi connectivity index (χ4v) is 3.51. The van der Waals surface area contributed by atoms with E-state index in [0.29, 0.717) is 26.7 Å². The fraction of sp³-hybridized carbons (Fsp3) is 0.118. The lowest BCUT2D eigenvalue weighted by atomic mass is 9.94. The van der Waals surface area contributed by atoms with Crippen LogP contribution in [0.2, 0.25) is 10.0 Å². The average molecular weight is 436 g/mol. The highest BCUT2D eigenvalue weighted by molar-refractivity contribution is 9.09. The number of Topliss-reactive ketones (excluding diaryl/α,β-unsaturated/α-hetero) is 1. The van der Waals surface area contributed by atoms with Crippen LogP contribution in [0.15, 0.2) is 36.4 Å². The summed E-state index contributed by atoms with van der Waals surface area (Å²) in [7, 11) is 0. The Morgan fingerprint density at radius 3 is 2.25 bits per heavy atom. The van der Waals surface area contributed by atoms with Crippen LogP contribution in [0.5, 0.6) is 0 Å². The van der Waals surface area contributed by atoms with Crippen LogP contribution in [0, 0.1) is 0 Å². The van der Waals surface area contributed by atoms with Gasteiger partial charge in [-0.2, -0.15) is 13.2 Å². The summed E-state index contributed by atoms with van der Waals surface area (Å²) < 4.78 is 39.2. The largest absolute Gasteiger partial charge is 0.416 e. The summed E-state index contributed by atoms with van der Waals surface area (Å²) in [5.74, 6) is -0.243. The van der Waals surface area contributed by atoms with Crippen LogP contribution < -0.4 is 0 Å². The number of ketones is 1. The van der Waals surface area contributed by atoms with Gasteiger partial charge in [-0.3, -0.25) is 4.79 Å². The normalized spacial score (nSPS) is 12.1. The van der Waals surface area contributed by atoms with Crippen LogP contribution >= 0.6 is 39.1 Å². The minimum Gasteiger partial charge on any atom is -0.293 e. The standard InChI is InChI=1S/C17H8BrCl2F3O/c18-7-16(24)14-6-13-12(4-9(19)5-15(13)20)11-3-8(17(21,22)23)1-2-10(11)14/h1-6H,7H2. The molecule has 0 aliphatic heterocycles. The van der Waals surface area contributed by atoms with E-state index in [4.69, 9.17) is 23.2 Å². The molecule has 24 heavy (non-hydrogen) atoms. The number of halogens is 6. The van der Waals surface area contributed by atoms with Gasteiger partial charge in [0, 0.05) is 21.0 Å². The Labute approximate surface area is 153 Å². The number of alkyl halides is 4. The molecule has 1 nitrogen and oxygen atoms in total. The predicted octanol–water partition coefficient (Wildman–Crippen LogP) is 6.90. The molecule has 3 aromatic rings. The lowest BCUT2D eigenvalue weighted by Gasteiger charge is -2.13. The van der Waals surface area contributed by atoms with Gasteiger partial charge in [-0.25, -0.2) is 0 Å². The molecule has 0 saturated heterocycles.